The summed E-state index contributed by atoms with van der Waals surface area (Å²) in [6.45, 7) is 1.89. The fourth-order valence-corrected chi connectivity index (χ4v) is 4.95. The van der Waals surface area contributed by atoms with Crippen molar-refractivity contribution in [2.45, 2.75) is 18.4 Å². The van der Waals surface area contributed by atoms with Gasteiger partial charge in [0.05, 0.1) is 32.6 Å². The largest absolute Gasteiger partial charge is 0.493 e. The van der Waals surface area contributed by atoms with Gasteiger partial charge < -0.3 is 19.5 Å². The highest BCUT2D eigenvalue weighted by atomic mass is 32.2. The first kappa shape index (κ1) is 27.5. The second-order valence-corrected chi connectivity index (χ2v) is 9.53. The van der Waals surface area contributed by atoms with Gasteiger partial charge in [0.25, 0.3) is 0 Å². The molecule has 0 aliphatic rings. The number of benzene rings is 2. The zero-order valence-electron chi connectivity index (χ0n) is 22.1. The molecule has 0 aliphatic carbocycles. The predicted octanol–water partition coefficient (Wildman–Crippen LogP) is 6.14. The standard InChI is InChI=1S/C30H28N4O4S/c1-19-9-8-13-32-29(19)34-27(35)12-14-39-30-23(18-31)22(17-24(33-30)20-10-6-5-7-11-20)21-15-25(36-2)28(38-4)26(16-21)37-3/h5-11,13,15-17H,12,14H2,1-4H3,(H,32,34,35). The van der Waals surface area contributed by atoms with E-state index in [1.165, 1.54) is 11.8 Å². The summed E-state index contributed by atoms with van der Waals surface area (Å²) in [6, 6.07) is 21.3. The van der Waals surface area contributed by atoms with E-state index in [1.807, 2.05) is 67.6 Å². The molecule has 0 bridgehead atoms. The Morgan fingerprint density at radius 2 is 1.69 bits per heavy atom. The molecule has 0 unspecified atom stereocenters. The van der Waals surface area contributed by atoms with Gasteiger partial charge in [-0.1, -0.05) is 36.4 Å². The van der Waals surface area contributed by atoms with Crippen LogP contribution in [0.2, 0.25) is 0 Å². The topological polar surface area (TPSA) is 106 Å². The molecule has 4 aromatic rings. The molecule has 9 heteroatoms. The van der Waals surface area contributed by atoms with Gasteiger partial charge in [-0.2, -0.15) is 5.26 Å². The van der Waals surface area contributed by atoms with E-state index >= 15 is 0 Å². The number of methoxy groups -OCH3 is 3. The van der Waals surface area contributed by atoms with Crippen LogP contribution in [0.1, 0.15) is 17.5 Å². The number of pyridine rings is 2. The van der Waals surface area contributed by atoms with Gasteiger partial charge in [0, 0.05) is 29.5 Å². The van der Waals surface area contributed by atoms with Crippen molar-refractivity contribution in [1.29, 1.82) is 5.26 Å². The molecule has 39 heavy (non-hydrogen) atoms. The lowest BCUT2D eigenvalue weighted by molar-refractivity contribution is -0.115. The Bertz CT molecular complexity index is 1490. The molecule has 0 saturated carbocycles. The van der Waals surface area contributed by atoms with Crippen molar-refractivity contribution in [2.75, 3.05) is 32.4 Å². The Morgan fingerprint density at radius 1 is 0.974 bits per heavy atom. The van der Waals surface area contributed by atoms with Crippen molar-refractivity contribution in [1.82, 2.24) is 9.97 Å². The van der Waals surface area contributed by atoms with Gasteiger partial charge in [-0.25, -0.2) is 9.97 Å². The highest BCUT2D eigenvalue weighted by Gasteiger charge is 2.20. The Kier molecular flexibility index (Phi) is 9.02. The number of nitrogens with zero attached hydrogens (tertiary/aromatic N) is 3. The molecule has 1 N–H and O–H groups in total. The zero-order chi connectivity index (χ0) is 27.8. The van der Waals surface area contributed by atoms with Crippen LogP contribution >= 0.6 is 11.8 Å². The molecular weight excluding hydrogens is 512 g/mol. The van der Waals surface area contributed by atoms with Gasteiger partial charge in [0.15, 0.2) is 11.5 Å². The molecule has 0 spiro atoms. The quantitative estimate of drug-likeness (QED) is 0.239. The van der Waals surface area contributed by atoms with Gasteiger partial charge in [0.1, 0.15) is 16.9 Å². The number of amides is 1. The minimum atomic E-state index is -0.160. The molecule has 0 fully saturated rings. The first-order valence-corrected chi connectivity index (χ1v) is 13.1. The fourth-order valence-electron chi connectivity index (χ4n) is 4.01. The summed E-state index contributed by atoms with van der Waals surface area (Å²) in [5, 5.41) is 13.6. The third kappa shape index (κ3) is 6.30. The molecule has 2 heterocycles. The molecule has 1 amide bonds. The molecule has 198 valence electrons. The molecule has 4 rings (SSSR count). The average Bonchev–Trinajstić information content (AvgIpc) is 2.97. The highest BCUT2D eigenvalue weighted by molar-refractivity contribution is 7.99. The number of hydrogen-bond donors (Lipinski definition) is 1. The van der Waals surface area contributed by atoms with Gasteiger partial charge in [0.2, 0.25) is 11.7 Å². The average molecular weight is 541 g/mol. The van der Waals surface area contributed by atoms with Crippen molar-refractivity contribution in [3.63, 3.8) is 0 Å². The molecule has 0 atom stereocenters. The number of anilines is 1. The fraction of sp³-hybridized carbons (Fsp3) is 0.200. The minimum absolute atomic E-state index is 0.160. The Labute approximate surface area is 232 Å². The maximum absolute atomic E-state index is 12.6. The van der Waals surface area contributed by atoms with Crippen LogP contribution in [-0.4, -0.2) is 43.0 Å². The number of carbonyl (C=O) groups is 1. The van der Waals surface area contributed by atoms with Crippen LogP contribution in [-0.2, 0) is 4.79 Å². The van der Waals surface area contributed by atoms with Crippen LogP contribution in [0.5, 0.6) is 17.2 Å². The number of aromatic nitrogens is 2. The summed E-state index contributed by atoms with van der Waals surface area (Å²) in [5.74, 6) is 2.22. The lowest BCUT2D eigenvalue weighted by Gasteiger charge is -2.16. The van der Waals surface area contributed by atoms with Crippen LogP contribution in [0.4, 0.5) is 5.82 Å². The second kappa shape index (κ2) is 12.8. The van der Waals surface area contributed by atoms with Crippen LogP contribution in [0, 0.1) is 18.3 Å². The van der Waals surface area contributed by atoms with Crippen molar-refractivity contribution < 1.29 is 19.0 Å². The smallest absolute Gasteiger partial charge is 0.226 e. The van der Waals surface area contributed by atoms with E-state index < -0.39 is 0 Å². The summed E-state index contributed by atoms with van der Waals surface area (Å²) in [6.07, 6.45) is 1.86. The number of rotatable bonds is 10. The number of nitrogens with one attached hydrogen (secondary N) is 1. The van der Waals surface area contributed by atoms with Gasteiger partial charge in [-0.15, -0.1) is 11.8 Å². The van der Waals surface area contributed by atoms with Crippen molar-refractivity contribution in [3.8, 4) is 45.7 Å². The minimum Gasteiger partial charge on any atom is -0.493 e. The number of ether oxygens (including phenoxy) is 3. The highest BCUT2D eigenvalue weighted by Crippen LogP contribution is 2.43. The van der Waals surface area contributed by atoms with E-state index in [2.05, 4.69) is 16.4 Å². The first-order chi connectivity index (χ1) is 19.0. The van der Waals surface area contributed by atoms with E-state index in [0.717, 1.165) is 11.1 Å². The van der Waals surface area contributed by atoms with Crippen LogP contribution in [0.25, 0.3) is 22.4 Å². The number of carbonyl (C=O) groups excluding carboxylic acids is 1. The predicted molar refractivity (Wildman–Crippen MR) is 152 cm³/mol. The van der Waals surface area contributed by atoms with E-state index in [1.54, 1.807) is 27.5 Å². The van der Waals surface area contributed by atoms with E-state index in [0.29, 0.717) is 56.2 Å². The van der Waals surface area contributed by atoms with Crippen molar-refractivity contribution >= 4 is 23.5 Å². The third-order valence-corrected chi connectivity index (χ3v) is 6.96. The first-order valence-electron chi connectivity index (χ1n) is 12.1. The Hall–Kier alpha value is -4.55. The van der Waals surface area contributed by atoms with Gasteiger partial charge >= 0.3 is 0 Å². The number of aryl methyl sites for hydroxylation is 1. The Morgan fingerprint density at radius 3 is 2.31 bits per heavy atom. The maximum atomic E-state index is 12.6. The molecule has 0 radical (unpaired) electrons. The molecule has 2 aromatic heterocycles. The second-order valence-electron chi connectivity index (χ2n) is 8.44. The van der Waals surface area contributed by atoms with Gasteiger partial charge in [-0.05, 0) is 42.3 Å². The zero-order valence-corrected chi connectivity index (χ0v) is 23.0. The number of nitriles is 1. The SMILES string of the molecule is COc1cc(-c2cc(-c3ccccc3)nc(SCCC(=O)Nc3ncccc3C)c2C#N)cc(OC)c1OC. The monoisotopic (exact) mass is 540 g/mol. The summed E-state index contributed by atoms with van der Waals surface area (Å²) >= 11 is 1.36. The lowest BCUT2D eigenvalue weighted by Crippen LogP contribution is -2.14. The number of thioether (sulfide) groups is 1. The lowest BCUT2D eigenvalue weighted by atomic mass is 9.98. The van der Waals surface area contributed by atoms with E-state index in [9.17, 15) is 10.1 Å². The molecule has 2 aromatic carbocycles. The van der Waals surface area contributed by atoms with Crippen LogP contribution in [0.3, 0.4) is 0 Å². The molecule has 8 nitrogen and oxygen atoms in total. The van der Waals surface area contributed by atoms with Crippen LogP contribution in [0.15, 0.2) is 71.9 Å². The summed E-state index contributed by atoms with van der Waals surface area (Å²) in [5.41, 5.74) is 4.27. The third-order valence-electron chi connectivity index (χ3n) is 5.98. The molecular formula is C30H28N4O4S. The van der Waals surface area contributed by atoms with Crippen LogP contribution < -0.4 is 19.5 Å². The normalized spacial score (nSPS) is 10.4. The Balaban J connectivity index is 1.71. The molecule has 0 aliphatic heterocycles. The van der Waals surface area contributed by atoms with E-state index in [-0.39, 0.29) is 12.3 Å². The van der Waals surface area contributed by atoms with Gasteiger partial charge in [-0.3, -0.25) is 4.79 Å². The number of hydrogen-bond acceptors (Lipinski definition) is 8. The van der Waals surface area contributed by atoms with Crippen molar-refractivity contribution in [2.24, 2.45) is 0 Å². The van der Waals surface area contributed by atoms with Crippen molar-refractivity contribution in [3.05, 3.63) is 78.0 Å². The molecule has 0 saturated heterocycles. The summed E-state index contributed by atoms with van der Waals surface area (Å²) < 4.78 is 16.6. The maximum Gasteiger partial charge on any atom is 0.226 e. The summed E-state index contributed by atoms with van der Waals surface area (Å²) in [7, 11) is 4.64. The van der Waals surface area contributed by atoms with E-state index in [4.69, 9.17) is 19.2 Å². The summed E-state index contributed by atoms with van der Waals surface area (Å²) in [4.78, 5) is 21.6.